The van der Waals surface area contributed by atoms with E-state index in [0.717, 1.165) is 9.86 Å². The molecule has 0 aliphatic rings. The quantitative estimate of drug-likeness (QED) is 0.702. The molecule has 0 saturated heterocycles. The molecule has 0 saturated carbocycles. The number of rotatable bonds is 0. The number of pyridine rings is 1. The Bertz CT molecular complexity index is 472. The Kier molecular flexibility index (Phi) is 2.22. The number of halogens is 3. The predicted molar refractivity (Wildman–Crippen MR) is 54.4 cm³/mol. The van der Waals surface area contributed by atoms with Crippen LogP contribution >= 0.6 is 27.5 Å². The smallest absolute Gasteiger partial charge is 0.126 e. The molecule has 1 aromatic heterocycles. The highest BCUT2D eigenvalue weighted by molar-refractivity contribution is 9.10. The second-order valence-corrected chi connectivity index (χ2v) is 3.84. The van der Waals surface area contributed by atoms with Gasteiger partial charge in [-0.25, -0.2) is 4.39 Å². The van der Waals surface area contributed by atoms with Gasteiger partial charge in [-0.15, -0.1) is 0 Å². The summed E-state index contributed by atoms with van der Waals surface area (Å²) < 4.78 is 13.7. The molecule has 1 aromatic carbocycles. The first-order chi connectivity index (χ1) is 6.18. The Balaban J connectivity index is 2.94. The minimum atomic E-state index is -0.372. The van der Waals surface area contributed by atoms with Crippen LogP contribution in [0.3, 0.4) is 0 Å². The first-order valence-corrected chi connectivity index (χ1v) is 4.75. The Hall–Kier alpha value is -0.670. The summed E-state index contributed by atoms with van der Waals surface area (Å²) >= 11 is 9.18. The van der Waals surface area contributed by atoms with Gasteiger partial charge in [0.15, 0.2) is 0 Å². The third-order valence-electron chi connectivity index (χ3n) is 1.71. The molecule has 1 heterocycles. The Labute approximate surface area is 87.7 Å². The summed E-state index contributed by atoms with van der Waals surface area (Å²) in [6.45, 7) is 0. The minimum absolute atomic E-state index is 0.370. The van der Waals surface area contributed by atoms with Crippen LogP contribution in [0.1, 0.15) is 0 Å². The molecule has 0 aliphatic heterocycles. The van der Waals surface area contributed by atoms with E-state index >= 15 is 0 Å². The largest absolute Gasteiger partial charge is 0.256 e. The zero-order chi connectivity index (χ0) is 9.42. The van der Waals surface area contributed by atoms with Crippen LogP contribution < -0.4 is 0 Å². The number of fused-ring (bicyclic) bond motifs is 1. The van der Waals surface area contributed by atoms with Crippen molar-refractivity contribution < 1.29 is 4.39 Å². The molecule has 0 N–H and O–H groups in total. The fourth-order valence-electron chi connectivity index (χ4n) is 1.16. The highest BCUT2D eigenvalue weighted by Crippen LogP contribution is 2.29. The van der Waals surface area contributed by atoms with Gasteiger partial charge in [0.05, 0.1) is 10.5 Å². The van der Waals surface area contributed by atoms with Crippen molar-refractivity contribution in [3.63, 3.8) is 0 Å². The molecule has 0 radical (unpaired) electrons. The molecule has 0 amide bonds. The van der Waals surface area contributed by atoms with Crippen LogP contribution in [-0.2, 0) is 0 Å². The Morgan fingerprint density at radius 2 is 2.15 bits per heavy atom. The van der Waals surface area contributed by atoms with E-state index in [2.05, 4.69) is 20.9 Å². The summed E-state index contributed by atoms with van der Waals surface area (Å²) in [6.07, 6.45) is 1.60. The molecule has 66 valence electrons. The van der Waals surface area contributed by atoms with Gasteiger partial charge in [0.1, 0.15) is 5.82 Å². The summed E-state index contributed by atoms with van der Waals surface area (Å²) in [5.41, 5.74) is 0.555. The normalized spacial score (nSPS) is 10.7. The number of aromatic nitrogens is 1. The predicted octanol–water partition coefficient (Wildman–Crippen LogP) is 3.79. The standard InChI is InChI=1S/C9H4BrClFN/c10-6-1-2-13-8-4-5(12)3-7(11)9(6)8/h1-4H. The number of hydrogen-bond acceptors (Lipinski definition) is 1. The zero-order valence-electron chi connectivity index (χ0n) is 6.39. The van der Waals surface area contributed by atoms with Crippen molar-refractivity contribution in [1.82, 2.24) is 4.98 Å². The highest BCUT2D eigenvalue weighted by Gasteiger charge is 2.05. The van der Waals surface area contributed by atoms with Gasteiger partial charge in [-0.3, -0.25) is 4.98 Å². The lowest BCUT2D eigenvalue weighted by Gasteiger charge is -2.01. The molecule has 0 spiro atoms. The van der Waals surface area contributed by atoms with Crippen LogP contribution in [0.2, 0.25) is 5.02 Å². The van der Waals surface area contributed by atoms with E-state index in [4.69, 9.17) is 11.6 Å². The lowest BCUT2D eigenvalue weighted by atomic mass is 10.2. The molecule has 0 atom stereocenters. The molecule has 13 heavy (non-hydrogen) atoms. The third kappa shape index (κ3) is 1.54. The maximum atomic E-state index is 12.9. The molecule has 0 fully saturated rings. The summed E-state index contributed by atoms with van der Waals surface area (Å²) in [5.74, 6) is -0.372. The van der Waals surface area contributed by atoms with E-state index in [1.165, 1.54) is 12.1 Å². The lowest BCUT2D eigenvalue weighted by Crippen LogP contribution is -1.83. The van der Waals surface area contributed by atoms with Crippen molar-refractivity contribution in [2.24, 2.45) is 0 Å². The van der Waals surface area contributed by atoms with Crippen LogP contribution in [0.25, 0.3) is 10.9 Å². The van der Waals surface area contributed by atoms with E-state index < -0.39 is 0 Å². The molecule has 2 aromatic rings. The van der Waals surface area contributed by atoms with Crippen molar-refractivity contribution >= 4 is 38.4 Å². The third-order valence-corrected chi connectivity index (χ3v) is 2.67. The average Bonchev–Trinajstić information content (AvgIpc) is 2.02. The molecular weight excluding hydrogens is 256 g/mol. The topological polar surface area (TPSA) is 12.9 Å². The highest BCUT2D eigenvalue weighted by atomic mass is 79.9. The Morgan fingerprint density at radius 1 is 1.38 bits per heavy atom. The van der Waals surface area contributed by atoms with Crippen LogP contribution in [0.5, 0.6) is 0 Å². The van der Waals surface area contributed by atoms with Crippen molar-refractivity contribution in [1.29, 1.82) is 0 Å². The van der Waals surface area contributed by atoms with Crippen molar-refractivity contribution in [2.45, 2.75) is 0 Å². The van der Waals surface area contributed by atoms with E-state index in [-0.39, 0.29) is 5.82 Å². The van der Waals surface area contributed by atoms with Gasteiger partial charge in [-0.05, 0) is 28.1 Å². The maximum absolute atomic E-state index is 12.9. The summed E-state index contributed by atoms with van der Waals surface area (Å²) in [4.78, 5) is 4.01. The van der Waals surface area contributed by atoms with Crippen LogP contribution in [-0.4, -0.2) is 4.98 Å². The average molecular weight is 260 g/mol. The molecule has 0 aliphatic carbocycles. The van der Waals surface area contributed by atoms with Crippen LogP contribution in [0.4, 0.5) is 4.39 Å². The summed E-state index contributed by atoms with van der Waals surface area (Å²) in [6, 6.07) is 4.40. The van der Waals surface area contributed by atoms with Crippen molar-refractivity contribution in [3.05, 3.63) is 39.7 Å². The molecule has 2 rings (SSSR count). The number of hydrogen-bond donors (Lipinski definition) is 0. The fourth-order valence-corrected chi connectivity index (χ4v) is 2.12. The fraction of sp³-hybridized carbons (Fsp3) is 0. The van der Waals surface area contributed by atoms with Crippen LogP contribution in [0.15, 0.2) is 28.9 Å². The SMILES string of the molecule is Fc1cc(Cl)c2c(Br)ccnc2c1. The van der Waals surface area contributed by atoms with E-state index in [0.29, 0.717) is 10.5 Å². The van der Waals surface area contributed by atoms with Crippen molar-refractivity contribution in [2.75, 3.05) is 0 Å². The lowest BCUT2D eigenvalue weighted by molar-refractivity contribution is 0.629. The second kappa shape index (κ2) is 3.24. The van der Waals surface area contributed by atoms with Crippen molar-refractivity contribution in [3.8, 4) is 0 Å². The first-order valence-electron chi connectivity index (χ1n) is 3.58. The monoisotopic (exact) mass is 259 g/mol. The van der Waals surface area contributed by atoms with Gasteiger partial charge in [0.25, 0.3) is 0 Å². The van der Waals surface area contributed by atoms with E-state index in [9.17, 15) is 4.39 Å². The molecule has 0 bridgehead atoms. The number of nitrogens with zero attached hydrogens (tertiary/aromatic N) is 1. The van der Waals surface area contributed by atoms with Gasteiger partial charge in [0.2, 0.25) is 0 Å². The molecular formula is C9H4BrClFN. The number of benzene rings is 1. The van der Waals surface area contributed by atoms with Gasteiger partial charge in [-0.1, -0.05) is 11.6 Å². The molecule has 4 heteroatoms. The zero-order valence-corrected chi connectivity index (χ0v) is 8.73. The van der Waals surface area contributed by atoms with Gasteiger partial charge in [0, 0.05) is 22.1 Å². The molecule has 1 nitrogen and oxygen atoms in total. The second-order valence-electron chi connectivity index (χ2n) is 2.57. The van der Waals surface area contributed by atoms with E-state index in [1.807, 2.05) is 0 Å². The maximum Gasteiger partial charge on any atom is 0.126 e. The summed E-state index contributed by atoms with van der Waals surface area (Å²) in [7, 11) is 0. The summed E-state index contributed by atoms with van der Waals surface area (Å²) in [5, 5.41) is 1.11. The van der Waals surface area contributed by atoms with Gasteiger partial charge >= 0.3 is 0 Å². The van der Waals surface area contributed by atoms with Gasteiger partial charge in [-0.2, -0.15) is 0 Å². The first kappa shape index (κ1) is 8.91. The van der Waals surface area contributed by atoms with Gasteiger partial charge < -0.3 is 0 Å². The van der Waals surface area contributed by atoms with Crippen LogP contribution in [0, 0.1) is 5.82 Å². The van der Waals surface area contributed by atoms with E-state index in [1.54, 1.807) is 12.3 Å². The Morgan fingerprint density at radius 3 is 2.92 bits per heavy atom. The molecule has 0 unspecified atom stereocenters. The minimum Gasteiger partial charge on any atom is -0.256 e.